The third kappa shape index (κ3) is 2.34. The molecule has 1 aliphatic heterocycles. The smallest absolute Gasteiger partial charge is 0.266 e. The van der Waals surface area contributed by atoms with Gasteiger partial charge in [0.05, 0.1) is 5.69 Å². The highest BCUT2D eigenvalue weighted by molar-refractivity contribution is 5.20. The quantitative estimate of drug-likeness (QED) is 0.791. The Morgan fingerprint density at radius 2 is 2.17 bits per heavy atom. The highest BCUT2D eigenvalue weighted by Gasteiger charge is 2.23. The van der Waals surface area contributed by atoms with Crippen LogP contribution in [0.15, 0.2) is 10.9 Å². The number of hydrogen-bond acceptors (Lipinski definition) is 3. The number of aromatic nitrogens is 2. The van der Waals surface area contributed by atoms with Gasteiger partial charge >= 0.3 is 0 Å². The molecule has 0 amide bonds. The second-order valence-corrected chi connectivity index (χ2v) is 5.71. The fraction of sp³-hybridized carbons (Fsp3) is 0.714. The molecule has 4 heteroatoms. The number of fused-ring (bicyclic) bond motifs is 1. The minimum Gasteiger partial charge on any atom is -0.298 e. The summed E-state index contributed by atoms with van der Waals surface area (Å²) in [6.45, 7) is 3.21. The summed E-state index contributed by atoms with van der Waals surface area (Å²) < 4.78 is 1.45. The molecule has 0 unspecified atom stereocenters. The Labute approximate surface area is 108 Å². The van der Waals surface area contributed by atoms with E-state index in [0.717, 1.165) is 36.7 Å². The van der Waals surface area contributed by atoms with Gasteiger partial charge in [0.1, 0.15) is 0 Å². The van der Waals surface area contributed by atoms with Crippen LogP contribution in [0.5, 0.6) is 0 Å². The average molecular weight is 247 g/mol. The lowest BCUT2D eigenvalue weighted by Crippen LogP contribution is -2.36. The van der Waals surface area contributed by atoms with Crippen LogP contribution >= 0.6 is 0 Å². The van der Waals surface area contributed by atoms with Gasteiger partial charge in [-0.1, -0.05) is 12.8 Å². The van der Waals surface area contributed by atoms with E-state index in [4.69, 9.17) is 0 Å². The van der Waals surface area contributed by atoms with Crippen molar-refractivity contribution < 1.29 is 0 Å². The summed E-state index contributed by atoms with van der Waals surface area (Å²) in [5, 5.41) is 4.36. The van der Waals surface area contributed by atoms with E-state index in [0.29, 0.717) is 0 Å². The SMILES string of the molecule is Cn1nc2c(cc1=O)CN(CC1CCCC1)CC2. The average Bonchev–Trinajstić information content (AvgIpc) is 2.84. The third-order valence-corrected chi connectivity index (χ3v) is 4.31. The molecule has 1 aromatic rings. The molecular weight excluding hydrogens is 226 g/mol. The van der Waals surface area contributed by atoms with E-state index < -0.39 is 0 Å². The Kier molecular flexibility index (Phi) is 3.20. The molecule has 1 aromatic heterocycles. The normalized spacial score (nSPS) is 21.2. The van der Waals surface area contributed by atoms with Gasteiger partial charge in [-0.3, -0.25) is 9.69 Å². The highest BCUT2D eigenvalue weighted by atomic mass is 16.1. The van der Waals surface area contributed by atoms with Gasteiger partial charge in [0.15, 0.2) is 0 Å². The topological polar surface area (TPSA) is 38.1 Å². The Bertz CT molecular complexity index is 488. The van der Waals surface area contributed by atoms with Gasteiger partial charge in [0.2, 0.25) is 0 Å². The molecule has 0 radical (unpaired) electrons. The van der Waals surface area contributed by atoms with E-state index in [2.05, 4.69) is 10.00 Å². The van der Waals surface area contributed by atoms with E-state index in [9.17, 15) is 4.79 Å². The van der Waals surface area contributed by atoms with Crippen molar-refractivity contribution in [1.82, 2.24) is 14.7 Å². The summed E-state index contributed by atoms with van der Waals surface area (Å²) >= 11 is 0. The lowest BCUT2D eigenvalue weighted by molar-refractivity contribution is 0.211. The van der Waals surface area contributed by atoms with Crippen molar-refractivity contribution in [2.45, 2.75) is 38.6 Å². The molecule has 0 bridgehead atoms. The highest BCUT2D eigenvalue weighted by Crippen LogP contribution is 2.27. The van der Waals surface area contributed by atoms with Crippen molar-refractivity contribution >= 4 is 0 Å². The van der Waals surface area contributed by atoms with E-state index >= 15 is 0 Å². The maximum absolute atomic E-state index is 11.6. The van der Waals surface area contributed by atoms with E-state index in [1.54, 1.807) is 13.1 Å². The van der Waals surface area contributed by atoms with Crippen LogP contribution in [0.4, 0.5) is 0 Å². The monoisotopic (exact) mass is 247 g/mol. The van der Waals surface area contributed by atoms with Crippen molar-refractivity contribution in [3.05, 3.63) is 27.7 Å². The summed E-state index contributed by atoms with van der Waals surface area (Å²) in [4.78, 5) is 14.1. The van der Waals surface area contributed by atoms with Gasteiger partial charge in [-0.25, -0.2) is 4.68 Å². The lowest BCUT2D eigenvalue weighted by Gasteiger charge is -2.30. The molecular formula is C14H21N3O. The largest absolute Gasteiger partial charge is 0.298 e. The number of nitrogens with zero attached hydrogens (tertiary/aromatic N) is 3. The Morgan fingerprint density at radius 1 is 1.39 bits per heavy atom. The second-order valence-electron chi connectivity index (χ2n) is 5.71. The van der Waals surface area contributed by atoms with Crippen LogP contribution < -0.4 is 5.56 Å². The molecule has 0 saturated heterocycles. The Hall–Kier alpha value is -1.16. The van der Waals surface area contributed by atoms with Crippen molar-refractivity contribution in [2.24, 2.45) is 13.0 Å². The molecule has 1 saturated carbocycles. The van der Waals surface area contributed by atoms with Gasteiger partial charge < -0.3 is 0 Å². The van der Waals surface area contributed by atoms with Crippen molar-refractivity contribution in [3.8, 4) is 0 Å². The molecule has 1 aliphatic carbocycles. The van der Waals surface area contributed by atoms with E-state index in [-0.39, 0.29) is 5.56 Å². The molecule has 98 valence electrons. The molecule has 3 rings (SSSR count). The number of rotatable bonds is 2. The fourth-order valence-corrected chi connectivity index (χ4v) is 3.27. The molecule has 0 atom stereocenters. The first-order valence-corrected chi connectivity index (χ1v) is 7.01. The second kappa shape index (κ2) is 4.84. The van der Waals surface area contributed by atoms with Crippen LogP contribution in [0.2, 0.25) is 0 Å². The van der Waals surface area contributed by atoms with Crippen LogP contribution in [-0.2, 0) is 20.0 Å². The van der Waals surface area contributed by atoms with Gasteiger partial charge in [0.25, 0.3) is 5.56 Å². The van der Waals surface area contributed by atoms with Crippen molar-refractivity contribution in [2.75, 3.05) is 13.1 Å². The third-order valence-electron chi connectivity index (χ3n) is 4.31. The molecule has 2 aliphatic rings. The maximum Gasteiger partial charge on any atom is 0.266 e. The van der Waals surface area contributed by atoms with Gasteiger partial charge in [-0.05, 0) is 24.3 Å². The lowest BCUT2D eigenvalue weighted by atomic mass is 10.0. The van der Waals surface area contributed by atoms with Gasteiger partial charge in [0, 0.05) is 39.2 Å². The fourth-order valence-electron chi connectivity index (χ4n) is 3.27. The van der Waals surface area contributed by atoms with Crippen LogP contribution in [0.3, 0.4) is 0 Å². The zero-order chi connectivity index (χ0) is 12.5. The Balaban J connectivity index is 1.72. The molecule has 4 nitrogen and oxygen atoms in total. The van der Waals surface area contributed by atoms with Crippen LogP contribution in [0.1, 0.15) is 36.9 Å². The van der Waals surface area contributed by atoms with Gasteiger partial charge in [-0.15, -0.1) is 0 Å². The predicted octanol–water partition coefficient (Wildman–Crippen LogP) is 1.33. The number of hydrogen-bond donors (Lipinski definition) is 0. The first-order chi connectivity index (χ1) is 8.72. The summed E-state index contributed by atoms with van der Waals surface area (Å²) in [6.07, 6.45) is 6.56. The zero-order valence-electron chi connectivity index (χ0n) is 11.1. The maximum atomic E-state index is 11.6. The first-order valence-electron chi connectivity index (χ1n) is 7.01. The predicted molar refractivity (Wildman–Crippen MR) is 70.4 cm³/mol. The summed E-state index contributed by atoms with van der Waals surface area (Å²) in [5.74, 6) is 0.881. The molecule has 0 N–H and O–H groups in total. The molecule has 18 heavy (non-hydrogen) atoms. The summed E-state index contributed by atoms with van der Waals surface area (Å²) in [6, 6.07) is 1.77. The van der Waals surface area contributed by atoms with Gasteiger partial charge in [-0.2, -0.15) is 5.10 Å². The number of aryl methyl sites for hydroxylation is 1. The minimum atomic E-state index is 0.0106. The van der Waals surface area contributed by atoms with Crippen molar-refractivity contribution in [3.63, 3.8) is 0 Å². The minimum absolute atomic E-state index is 0.0106. The molecule has 0 aromatic carbocycles. The standard InChI is InChI=1S/C14H21N3O/c1-16-14(18)8-12-10-17(7-6-13(12)15-16)9-11-4-2-3-5-11/h8,11H,2-7,9-10H2,1H3. The van der Waals surface area contributed by atoms with Crippen LogP contribution in [0.25, 0.3) is 0 Å². The first kappa shape index (κ1) is 11.9. The van der Waals surface area contributed by atoms with Crippen LogP contribution in [0, 0.1) is 5.92 Å². The zero-order valence-corrected chi connectivity index (χ0v) is 11.1. The molecule has 0 spiro atoms. The van der Waals surface area contributed by atoms with Crippen LogP contribution in [-0.4, -0.2) is 27.8 Å². The summed E-state index contributed by atoms with van der Waals surface area (Å²) in [5.41, 5.74) is 2.26. The van der Waals surface area contributed by atoms with E-state index in [1.807, 2.05) is 0 Å². The molecule has 1 fully saturated rings. The Morgan fingerprint density at radius 3 is 2.94 bits per heavy atom. The van der Waals surface area contributed by atoms with E-state index in [1.165, 1.54) is 36.9 Å². The van der Waals surface area contributed by atoms with Crippen molar-refractivity contribution in [1.29, 1.82) is 0 Å². The molecule has 2 heterocycles. The summed E-state index contributed by atoms with van der Waals surface area (Å²) in [7, 11) is 1.73.